The number of phenolic OH excluding ortho intramolecular Hbond substituents is 2. The molecular weight excluding hydrogens is 410 g/mol. The van der Waals surface area contributed by atoms with Crippen LogP contribution in [0.1, 0.15) is 59.9 Å². The highest BCUT2D eigenvalue weighted by Gasteiger charge is 2.32. The standard InChI is InChI=1S/C29H31NO3/c1-3-30(4-2)28(33)18-7-20-5-8-22(9-6-20)29-26(21-10-13-24(31)14-11-21)16-12-23-19-25(32)15-17-27(23)29/h5-11,13-15,17-19,26,29,31-32H,3-4,12,16H2,1-2H3/b18-7-. The molecule has 3 aromatic carbocycles. The lowest BCUT2D eigenvalue weighted by Crippen LogP contribution is -2.28. The minimum absolute atomic E-state index is 0.0255. The van der Waals surface area contributed by atoms with Crippen LogP contribution in [0.4, 0.5) is 0 Å². The molecule has 0 fully saturated rings. The molecule has 4 nitrogen and oxygen atoms in total. The molecule has 0 saturated heterocycles. The molecule has 1 aliphatic carbocycles. The summed E-state index contributed by atoms with van der Waals surface area (Å²) < 4.78 is 0. The van der Waals surface area contributed by atoms with Crippen LogP contribution in [0.2, 0.25) is 0 Å². The minimum Gasteiger partial charge on any atom is -0.508 e. The molecular formula is C29H31NO3. The van der Waals surface area contributed by atoms with Crippen LogP contribution in [0.5, 0.6) is 11.5 Å². The molecule has 3 aromatic rings. The van der Waals surface area contributed by atoms with Crippen LogP contribution in [-0.2, 0) is 11.2 Å². The van der Waals surface area contributed by atoms with Gasteiger partial charge in [0.1, 0.15) is 11.5 Å². The van der Waals surface area contributed by atoms with Crippen LogP contribution >= 0.6 is 0 Å². The first kappa shape index (κ1) is 22.7. The van der Waals surface area contributed by atoms with Gasteiger partial charge in [-0.05, 0) is 90.8 Å². The Hall–Kier alpha value is -3.53. The number of amides is 1. The van der Waals surface area contributed by atoms with E-state index in [1.807, 2.05) is 44.2 Å². The molecule has 1 aliphatic rings. The Labute approximate surface area is 195 Å². The molecule has 2 N–H and O–H groups in total. The smallest absolute Gasteiger partial charge is 0.246 e. The summed E-state index contributed by atoms with van der Waals surface area (Å²) in [5, 5.41) is 19.8. The molecule has 0 spiro atoms. The van der Waals surface area contributed by atoms with E-state index >= 15 is 0 Å². The Morgan fingerprint density at radius 3 is 2.21 bits per heavy atom. The van der Waals surface area contributed by atoms with Crippen molar-refractivity contribution in [1.29, 1.82) is 0 Å². The van der Waals surface area contributed by atoms with Gasteiger partial charge in [0.25, 0.3) is 0 Å². The second-order valence-electron chi connectivity index (χ2n) is 8.61. The van der Waals surface area contributed by atoms with Crippen molar-refractivity contribution in [1.82, 2.24) is 4.90 Å². The van der Waals surface area contributed by atoms with Gasteiger partial charge in [0.05, 0.1) is 0 Å². The molecule has 0 radical (unpaired) electrons. The highest BCUT2D eigenvalue weighted by atomic mass is 16.3. The predicted molar refractivity (Wildman–Crippen MR) is 133 cm³/mol. The quantitative estimate of drug-likeness (QED) is 0.472. The van der Waals surface area contributed by atoms with Crippen molar-refractivity contribution in [2.75, 3.05) is 13.1 Å². The number of phenols is 2. The molecule has 4 rings (SSSR count). The lowest BCUT2D eigenvalue weighted by atomic mass is 9.69. The van der Waals surface area contributed by atoms with Gasteiger partial charge in [0.2, 0.25) is 5.91 Å². The Morgan fingerprint density at radius 1 is 0.909 bits per heavy atom. The predicted octanol–water partition coefficient (Wildman–Crippen LogP) is 5.84. The van der Waals surface area contributed by atoms with Crippen LogP contribution in [0.3, 0.4) is 0 Å². The fraction of sp³-hybridized carbons (Fsp3) is 0.276. The average molecular weight is 442 g/mol. The Kier molecular flexibility index (Phi) is 6.83. The number of aromatic hydroxyl groups is 2. The molecule has 2 atom stereocenters. The minimum atomic E-state index is 0.0255. The third-order valence-corrected chi connectivity index (χ3v) is 6.70. The lowest BCUT2D eigenvalue weighted by Gasteiger charge is -2.35. The second kappa shape index (κ2) is 9.95. The first-order valence-electron chi connectivity index (χ1n) is 11.7. The van der Waals surface area contributed by atoms with E-state index in [0.29, 0.717) is 18.8 Å². The summed E-state index contributed by atoms with van der Waals surface area (Å²) in [5.74, 6) is 1.01. The van der Waals surface area contributed by atoms with Crippen molar-refractivity contribution in [3.63, 3.8) is 0 Å². The number of fused-ring (bicyclic) bond motifs is 1. The summed E-state index contributed by atoms with van der Waals surface area (Å²) >= 11 is 0. The molecule has 33 heavy (non-hydrogen) atoms. The van der Waals surface area contributed by atoms with Gasteiger partial charge in [-0.3, -0.25) is 4.79 Å². The zero-order valence-electron chi connectivity index (χ0n) is 19.2. The summed E-state index contributed by atoms with van der Waals surface area (Å²) in [4.78, 5) is 14.1. The number of aryl methyl sites for hydroxylation is 1. The molecule has 0 aliphatic heterocycles. The van der Waals surface area contributed by atoms with Crippen LogP contribution < -0.4 is 0 Å². The van der Waals surface area contributed by atoms with E-state index in [-0.39, 0.29) is 23.5 Å². The Balaban J connectivity index is 1.66. The van der Waals surface area contributed by atoms with Gasteiger partial charge < -0.3 is 15.1 Å². The lowest BCUT2D eigenvalue weighted by molar-refractivity contribution is -0.125. The number of carbonyl (C=O) groups is 1. The molecule has 2 unspecified atom stereocenters. The fourth-order valence-electron chi connectivity index (χ4n) is 4.92. The first-order valence-corrected chi connectivity index (χ1v) is 11.7. The van der Waals surface area contributed by atoms with Gasteiger partial charge in [0, 0.05) is 25.1 Å². The van der Waals surface area contributed by atoms with E-state index in [9.17, 15) is 15.0 Å². The zero-order chi connectivity index (χ0) is 23.4. The SMILES string of the molecule is CCN(CC)C(=O)/C=C\c1ccc(C2c3ccc(O)cc3CCC2c2ccc(O)cc2)cc1. The van der Waals surface area contributed by atoms with Crippen LogP contribution in [-0.4, -0.2) is 34.1 Å². The van der Waals surface area contributed by atoms with Gasteiger partial charge in [-0.2, -0.15) is 0 Å². The molecule has 0 bridgehead atoms. The zero-order valence-corrected chi connectivity index (χ0v) is 19.2. The van der Waals surface area contributed by atoms with E-state index in [2.05, 4.69) is 24.3 Å². The van der Waals surface area contributed by atoms with Crippen LogP contribution in [0.25, 0.3) is 6.08 Å². The summed E-state index contributed by atoms with van der Waals surface area (Å²) in [5.41, 5.74) is 5.81. The molecule has 4 heteroatoms. The number of benzene rings is 3. The number of hydrogen-bond donors (Lipinski definition) is 2. The molecule has 0 saturated carbocycles. The summed E-state index contributed by atoms with van der Waals surface area (Å²) in [6.07, 6.45) is 5.38. The summed E-state index contributed by atoms with van der Waals surface area (Å²) in [6, 6.07) is 21.6. The number of rotatable bonds is 6. The summed E-state index contributed by atoms with van der Waals surface area (Å²) in [7, 11) is 0. The number of likely N-dealkylation sites (N-methyl/N-ethyl adjacent to an activating group) is 1. The van der Waals surface area contributed by atoms with Crippen molar-refractivity contribution < 1.29 is 15.0 Å². The van der Waals surface area contributed by atoms with E-state index in [1.54, 1.807) is 29.2 Å². The highest BCUT2D eigenvalue weighted by molar-refractivity contribution is 5.91. The monoisotopic (exact) mass is 441 g/mol. The largest absolute Gasteiger partial charge is 0.508 e. The van der Waals surface area contributed by atoms with Gasteiger partial charge in [-0.25, -0.2) is 0 Å². The molecule has 0 aromatic heterocycles. The third kappa shape index (κ3) is 4.95. The van der Waals surface area contributed by atoms with Crippen molar-refractivity contribution >= 4 is 12.0 Å². The Bertz CT molecular complexity index is 1130. The second-order valence-corrected chi connectivity index (χ2v) is 8.61. The number of carbonyl (C=O) groups excluding carboxylic acids is 1. The molecule has 1 amide bonds. The average Bonchev–Trinajstić information content (AvgIpc) is 2.83. The van der Waals surface area contributed by atoms with Crippen molar-refractivity contribution in [2.45, 2.75) is 38.5 Å². The van der Waals surface area contributed by atoms with Crippen LogP contribution in [0, 0.1) is 0 Å². The Morgan fingerprint density at radius 2 is 1.55 bits per heavy atom. The van der Waals surface area contributed by atoms with E-state index < -0.39 is 0 Å². The van der Waals surface area contributed by atoms with Crippen molar-refractivity contribution in [3.8, 4) is 11.5 Å². The molecule has 0 heterocycles. The van der Waals surface area contributed by atoms with Crippen molar-refractivity contribution in [3.05, 3.63) is 101 Å². The van der Waals surface area contributed by atoms with Gasteiger partial charge in [0.15, 0.2) is 0 Å². The first-order chi connectivity index (χ1) is 16.0. The maximum Gasteiger partial charge on any atom is 0.246 e. The highest BCUT2D eigenvalue weighted by Crippen LogP contribution is 2.47. The van der Waals surface area contributed by atoms with E-state index in [4.69, 9.17) is 0 Å². The van der Waals surface area contributed by atoms with Crippen molar-refractivity contribution in [2.24, 2.45) is 0 Å². The fourth-order valence-corrected chi connectivity index (χ4v) is 4.92. The van der Waals surface area contributed by atoms with Gasteiger partial charge in [-0.1, -0.05) is 42.5 Å². The number of nitrogens with zero attached hydrogens (tertiary/aromatic N) is 1. The topological polar surface area (TPSA) is 60.8 Å². The van der Waals surface area contributed by atoms with Crippen LogP contribution in [0.15, 0.2) is 72.8 Å². The summed E-state index contributed by atoms with van der Waals surface area (Å²) in [6.45, 7) is 5.37. The maximum absolute atomic E-state index is 12.3. The normalized spacial score (nSPS) is 17.6. The van der Waals surface area contributed by atoms with Gasteiger partial charge >= 0.3 is 0 Å². The van der Waals surface area contributed by atoms with E-state index in [0.717, 1.165) is 18.4 Å². The van der Waals surface area contributed by atoms with Gasteiger partial charge in [-0.15, -0.1) is 0 Å². The molecule has 170 valence electrons. The third-order valence-electron chi connectivity index (χ3n) is 6.70. The van der Waals surface area contributed by atoms with E-state index in [1.165, 1.54) is 22.3 Å². The number of hydrogen-bond acceptors (Lipinski definition) is 3. The maximum atomic E-state index is 12.3.